The lowest BCUT2D eigenvalue weighted by molar-refractivity contribution is 0.600. The van der Waals surface area contributed by atoms with E-state index in [9.17, 15) is 0 Å². The van der Waals surface area contributed by atoms with Crippen molar-refractivity contribution in [2.75, 3.05) is 7.05 Å². The normalized spacial score (nSPS) is 12.7. The van der Waals surface area contributed by atoms with Gasteiger partial charge in [-0.2, -0.15) is 5.10 Å². The minimum Gasteiger partial charge on any atom is -0.308 e. The van der Waals surface area contributed by atoms with Gasteiger partial charge in [0.1, 0.15) is 6.33 Å². The van der Waals surface area contributed by atoms with Gasteiger partial charge in [0.25, 0.3) is 0 Å². The quantitative estimate of drug-likeness (QED) is 0.921. The molecule has 0 spiro atoms. The summed E-state index contributed by atoms with van der Waals surface area (Å²) < 4.78 is 2.80. The zero-order valence-electron chi connectivity index (χ0n) is 9.05. The van der Waals surface area contributed by atoms with Gasteiger partial charge in [-0.25, -0.2) is 9.97 Å². The number of hydrogen-bond acceptors (Lipinski definition) is 4. The van der Waals surface area contributed by atoms with E-state index < -0.39 is 0 Å². The van der Waals surface area contributed by atoms with E-state index in [4.69, 9.17) is 0 Å². The van der Waals surface area contributed by atoms with E-state index >= 15 is 0 Å². The van der Waals surface area contributed by atoms with Gasteiger partial charge >= 0.3 is 0 Å². The molecule has 2 heterocycles. The molecule has 1 unspecified atom stereocenters. The first kappa shape index (κ1) is 11.2. The Labute approximate surface area is 102 Å². The third-order valence-electron chi connectivity index (χ3n) is 2.41. The Morgan fingerprint density at radius 3 is 2.50 bits per heavy atom. The second-order valence-corrected chi connectivity index (χ2v) is 4.25. The van der Waals surface area contributed by atoms with Crippen LogP contribution in [0, 0.1) is 0 Å². The van der Waals surface area contributed by atoms with Gasteiger partial charge in [-0.15, -0.1) is 0 Å². The molecular weight excluding hydrogens is 270 g/mol. The maximum absolute atomic E-state index is 4.20. The zero-order valence-corrected chi connectivity index (χ0v) is 10.6. The van der Waals surface area contributed by atoms with Crippen LogP contribution in [0.2, 0.25) is 0 Å². The maximum Gasteiger partial charge on any atom is 0.115 e. The van der Waals surface area contributed by atoms with E-state index in [0.29, 0.717) is 0 Å². The fraction of sp³-hybridized carbons (Fsp3) is 0.300. The number of aryl methyl sites for hydroxylation is 1. The summed E-state index contributed by atoms with van der Waals surface area (Å²) in [6, 6.07) is 0.0306. The Balaban J connectivity index is 2.45. The molecule has 2 rings (SSSR count). The predicted octanol–water partition coefficient (Wildman–Crippen LogP) is 1.28. The van der Waals surface area contributed by atoms with Crippen molar-refractivity contribution in [1.82, 2.24) is 25.1 Å². The lowest BCUT2D eigenvalue weighted by Crippen LogP contribution is -2.21. The fourth-order valence-electron chi connectivity index (χ4n) is 1.67. The molecule has 1 N–H and O–H groups in total. The van der Waals surface area contributed by atoms with Crippen molar-refractivity contribution in [2.45, 2.75) is 6.04 Å². The van der Waals surface area contributed by atoms with Crippen LogP contribution in [0.4, 0.5) is 0 Å². The van der Waals surface area contributed by atoms with Crippen LogP contribution in [0.3, 0.4) is 0 Å². The summed E-state index contributed by atoms with van der Waals surface area (Å²) in [6.45, 7) is 0. The first-order valence-electron chi connectivity index (χ1n) is 4.83. The van der Waals surface area contributed by atoms with Crippen molar-refractivity contribution >= 4 is 15.9 Å². The Bertz CT molecular complexity index is 448. The minimum absolute atomic E-state index is 0.0306. The molecule has 0 saturated carbocycles. The topological polar surface area (TPSA) is 55.6 Å². The zero-order chi connectivity index (χ0) is 11.5. The highest BCUT2D eigenvalue weighted by atomic mass is 79.9. The number of aromatic nitrogens is 4. The van der Waals surface area contributed by atoms with E-state index in [1.165, 1.54) is 6.33 Å². The van der Waals surface area contributed by atoms with Crippen LogP contribution >= 0.6 is 15.9 Å². The van der Waals surface area contributed by atoms with Crippen molar-refractivity contribution in [2.24, 2.45) is 7.05 Å². The predicted molar refractivity (Wildman–Crippen MR) is 63.8 cm³/mol. The summed E-state index contributed by atoms with van der Waals surface area (Å²) >= 11 is 3.49. The van der Waals surface area contributed by atoms with E-state index in [-0.39, 0.29) is 6.04 Å². The Hall–Kier alpha value is -1.27. The Morgan fingerprint density at radius 1 is 1.31 bits per heavy atom. The van der Waals surface area contributed by atoms with Crippen molar-refractivity contribution in [3.8, 4) is 0 Å². The van der Waals surface area contributed by atoms with Crippen LogP contribution in [0.5, 0.6) is 0 Å². The van der Waals surface area contributed by atoms with Crippen molar-refractivity contribution in [3.05, 3.63) is 40.6 Å². The molecule has 0 bridgehead atoms. The van der Waals surface area contributed by atoms with E-state index in [0.717, 1.165) is 15.7 Å². The number of hydrogen-bond donors (Lipinski definition) is 1. The smallest absolute Gasteiger partial charge is 0.115 e. The molecule has 0 fully saturated rings. The summed E-state index contributed by atoms with van der Waals surface area (Å²) in [5, 5.41) is 7.43. The molecular formula is C10H12BrN5. The van der Waals surface area contributed by atoms with Gasteiger partial charge in [0.15, 0.2) is 0 Å². The molecule has 0 aliphatic heterocycles. The molecule has 0 aromatic carbocycles. The van der Waals surface area contributed by atoms with Gasteiger partial charge in [-0.05, 0) is 23.0 Å². The number of nitrogens with zero attached hydrogens (tertiary/aromatic N) is 4. The monoisotopic (exact) mass is 281 g/mol. The van der Waals surface area contributed by atoms with Gasteiger partial charge in [0, 0.05) is 25.0 Å². The van der Waals surface area contributed by atoms with Crippen molar-refractivity contribution in [1.29, 1.82) is 0 Å². The summed E-state index contributed by atoms with van der Waals surface area (Å²) in [7, 11) is 3.81. The molecule has 0 aliphatic carbocycles. The van der Waals surface area contributed by atoms with Crippen LogP contribution in [0.1, 0.15) is 17.3 Å². The van der Waals surface area contributed by atoms with Crippen LogP contribution < -0.4 is 5.32 Å². The standard InChI is InChI=1S/C10H12BrN5/c1-12-9(7-3-13-6-14-4-7)10-8(11)5-15-16(10)2/h3-6,9,12H,1-2H3. The van der Waals surface area contributed by atoms with Gasteiger partial charge in [0.2, 0.25) is 0 Å². The van der Waals surface area contributed by atoms with Crippen LogP contribution in [0.15, 0.2) is 29.4 Å². The number of halogens is 1. The highest BCUT2D eigenvalue weighted by Gasteiger charge is 2.19. The SMILES string of the molecule is CNC(c1cncnc1)c1c(Br)cnn1C. The van der Waals surface area contributed by atoms with Crippen LogP contribution in [-0.2, 0) is 7.05 Å². The highest BCUT2D eigenvalue weighted by Crippen LogP contribution is 2.26. The number of nitrogens with one attached hydrogen (secondary N) is 1. The Kier molecular flexibility index (Phi) is 3.31. The first-order valence-corrected chi connectivity index (χ1v) is 5.63. The van der Waals surface area contributed by atoms with Crippen LogP contribution in [0.25, 0.3) is 0 Å². The molecule has 0 saturated heterocycles. The molecule has 1 atom stereocenters. The molecule has 84 valence electrons. The van der Waals surface area contributed by atoms with Gasteiger partial charge in [-0.1, -0.05) is 0 Å². The maximum atomic E-state index is 4.20. The highest BCUT2D eigenvalue weighted by molar-refractivity contribution is 9.10. The molecule has 0 amide bonds. The largest absolute Gasteiger partial charge is 0.308 e. The molecule has 0 aliphatic rings. The first-order chi connectivity index (χ1) is 7.74. The molecule has 0 radical (unpaired) electrons. The van der Waals surface area contributed by atoms with Crippen molar-refractivity contribution in [3.63, 3.8) is 0 Å². The van der Waals surface area contributed by atoms with Crippen molar-refractivity contribution < 1.29 is 0 Å². The second kappa shape index (κ2) is 4.71. The van der Waals surface area contributed by atoms with E-state index in [2.05, 4.69) is 36.3 Å². The average Bonchev–Trinajstić information content (AvgIpc) is 2.63. The van der Waals surface area contributed by atoms with E-state index in [1.54, 1.807) is 18.6 Å². The number of rotatable bonds is 3. The van der Waals surface area contributed by atoms with Gasteiger partial charge in [0.05, 0.1) is 22.4 Å². The Morgan fingerprint density at radius 2 is 2.00 bits per heavy atom. The second-order valence-electron chi connectivity index (χ2n) is 3.39. The molecule has 6 heteroatoms. The summed E-state index contributed by atoms with van der Waals surface area (Å²) in [6.07, 6.45) is 6.90. The summed E-state index contributed by atoms with van der Waals surface area (Å²) in [4.78, 5) is 8.05. The fourth-order valence-corrected chi connectivity index (χ4v) is 2.24. The third-order valence-corrected chi connectivity index (χ3v) is 3.02. The molecule has 16 heavy (non-hydrogen) atoms. The van der Waals surface area contributed by atoms with Gasteiger partial charge in [-0.3, -0.25) is 4.68 Å². The van der Waals surface area contributed by atoms with E-state index in [1.807, 2.05) is 18.8 Å². The average molecular weight is 282 g/mol. The third kappa shape index (κ3) is 1.98. The summed E-state index contributed by atoms with van der Waals surface area (Å²) in [5.41, 5.74) is 2.06. The molecule has 2 aromatic rings. The molecule has 2 aromatic heterocycles. The lowest BCUT2D eigenvalue weighted by Gasteiger charge is -2.16. The molecule has 5 nitrogen and oxygen atoms in total. The lowest BCUT2D eigenvalue weighted by atomic mass is 10.1. The summed E-state index contributed by atoms with van der Waals surface area (Å²) in [5.74, 6) is 0. The minimum atomic E-state index is 0.0306. The van der Waals surface area contributed by atoms with Crippen LogP contribution in [-0.4, -0.2) is 26.8 Å². The van der Waals surface area contributed by atoms with Gasteiger partial charge < -0.3 is 5.32 Å².